The molecule has 3 nitrogen and oxygen atoms in total. The second-order valence-electron chi connectivity index (χ2n) is 5.78. The van der Waals surface area contributed by atoms with E-state index < -0.39 is 11.7 Å². The fraction of sp³-hybridized carbons (Fsp3) is 0.333. The molecule has 0 fully saturated rings. The lowest BCUT2D eigenvalue weighted by atomic mass is 10.1. The van der Waals surface area contributed by atoms with Crippen molar-refractivity contribution < 1.29 is 27.7 Å². The van der Waals surface area contributed by atoms with Crippen LogP contribution in [0.2, 0.25) is 0 Å². The highest BCUT2D eigenvalue weighted by atomic mass is 19.4. The molecule has 2 aromatic rings. The van der Waals surface area contributed by atoms with Gasteiger partial charge in [-0.15, -0.1) is 0 Å². The lowest BCUT2D eigenvalue weighted by Gasteiger charge is -2.15. The van der Waals surface area contributed by atoms with Crippen molar-refractivity contribution in [2.75, 3.05) is 19.8 Å². The van der Waals surface area contributed by atoms with Gasteiger partial charge in [-0.1, -0.05) is 48.6 Å². The molecular weight excluding hydrogens is 357 g/mol. The fourth-order valence-electron chi connectivity index (χ4n) is 2.46. The largest absolute Gasteiger partial charge is 0.493 e. The summed E-state index contributed by atoms with van der Waals surface area (Å²) < 4.78 is 45.4. The van der Waals surface area contributed by atoms with Gasteiger partial charge in [-0.05, 0) is 43.0 Å². The van der Waals surface area contributed by atoms with Crippen molar-refractivity contribution in [1.29, 1.82) is 0 Å². The molecule has 0 atom stereocenters. The van der Waals surface area contributed by atoms with Crippen molar-refractivity contribution in [3.63, 3.8) is 0 Å². The van der Waals surface area contributed by atoms with Crippen LogP contribution in [-0.2, 0) is 22.4 Å². The van der Waals surface area contributed by atoms with Gasteiger partial charge in [0.05, 0.1) is 18.8 Å². The summed E-state index contributed by atoms with van der Waals surface area (Å²) in [6.07, 6.45) is 0.0417. The Hall–Kier alpha value is -2.31. The first-order chi connectivity index (χ1) is 13.0. The number of halogens is 3. The van der Waals surface area contributed by atoms with Crippen molar-refractivity contribution in [2.45, 2.75) is 25.9 Å². The fourth-order valence-corrected chi connectivity index (χ4v) is 2.46. The van der Waals surface area contributed by atoms with E-state index in [2.05, 4.69) is 0 Å². The molecule has 0 saturated carbocycles. The number of aryl methyl sites for hydroxylation is 1. The molecule has 0 aliphatic carbocycles. The van der Waals surface area contributed by atoms with Gasteiger partial charge in [0.25, 0.3) is 0 Å². The Balaban J connectivity index is 1.96. The van der Waals surface area contributed by atoms with Crippen LogP contribution in [-0.4, -0.2) is 19.8 Å². The third-order valence-electron chi connectivity index (χ3n) is 3.69. The Bertz CT molecular complexity index is 712. The van der Waals surface area contributed by atoms with Crippen LogP contribution in [0, 0.1) is 0 Å². The van der Waals surface area contributed by atoms with Crippen LogP contribution in [0.4, 0.5) is 13.2 Å². The Kier molecular flexibility index (Phi) is 8.36. The lowest BCUT2D eigenvalue weighted by Crippen LogP contribution is -2.10. The Morgan fingerprint density at radius 2 is 1.78 bits per heavy atom. The van der Waals surface area contributed by atoms with Crippen LogP contribution in [0.3, 0.4) is 0 Å². The maximum Gasteiger partial charge on any atom is 0.419 e. The summed E-state index contributed by atoms with van der Waals surface area (Å²) >= 11 is 0. The van der Waals surface area contributed by atoms with Crippen LogP contribution in [0.1, 0.15) is 30.0 Å². The minimum atomic E-state index is -4.49. The molecule has 0 aliphatic rings. The first kappa shape index (κ1) is 21.0. The van der Waals surface area contributed by atoms with E-state index in [-0.39, 0.29) is 19.0 Å². The standard InChI is InChI=1S/C21H23F3O3/c1-2-26-27-15-7-11-18-12-13-20(19(16-18)21(22,23)24)25-14-6-10-17-8-4-3-5-9-17/h3-5,7-9,11-13,16H,2,6,10,14-15H2,1H3/b11-7+. The summed E-state index contributed by atoms with van der Waals surface area (Å²) in [6, 6.07) is 13.8. The molecule has 0 radical (unpaired) electrons. The number of hydrogen-bond acceptors (Lipinski definition) is 3. The summed E-state index contributed by atoms with van der Waals surface area (Å²) in [5.41, 5.74) is 0.765. The van der Waals surface area contributed by atoms with Gasteiger partial charge < -0.3 is 4.74 Å². The highest BCUT2D eigenvalue weighted by Crippen LogP contribution is 2.37. The first-order valence-electron chi connectivity index (χ1n) is 8.79. The quantitative estimate of drug-likeness (QED) is 0.301. The Morgan fingerprint density at radius 1 is 1.00 bits per heavy atom. The summed E-state index contributed by atoms with van der Waals surface area (Å²) in [6.45, 7) is 2.56. The van der Waals surface area contributed by atoms with Gasteiger partial charge in [0.2, 0.25) is 0 Å². The highest BCUT2D eigenvalue weighted by molar-refractivity contribution is 5.54. The van der Waals surface area contributed by atoms with Crippen LogP contribution in [0.15, 0.2) is 54.6 Å². The zero-order valence-electron chi connectivity index (χ0n) is 15.2. The zero-order valence-corrected chi connectivity index (χ0v) is 15.2. The second kappa shape index (κ2) is 10.7. The van der Waals surface area contributed by atoms with Crippen LogP contribution >= 0.6 is 0 Å². The predicted molar refractivity (Wildman–Crippen MR) is 98.3 cm³/mol. The van der Waals surface area contributed by atoms with Crippen LogP contribution in [0.25, 0.3) is 6.08 Å². The molecule has 0 amide bonds. The van der Waals surface area contributed by atoms with E-state index in [1.54, 1.807) is 25.1 Å². The SMILES string of the molecule is CCOOC/C=C/c1ccc(OCCCc2ccccc2)c(C(F)(F)F)c1. The number of benzene rings is 2. The van der Waals surface area contributed by atoms with Crippen molar-refractivity contribution in [3.05, 3.63) is 71.3 Å². The molecule has 0 spiro atoms. The molecule has 27 heavy (non-hydrogen) atoms. The van der Waals surface area contributed by atoms with Gasteiger partial charge in [-0.2, -0.15) is 13.2 Å². The highest BCUT2D eigenvalue weighted by Gasteiger charge is 2.34. The maximum absolute atomic E-state index is 13.3. The number of hydrogen-bond donors (Lipinski definition) is 0. The molecule has 0 aliphatic heterocycles. The minimum Gasteiger partial charge on any atom is -0.493 e. The van der Waals surface area contributed by atoms with E-state index in [0.717, 1.165) is 18.1 Å². The number of rotatable bonds is 10. The van der Waals surface area contributed by atoms with E-state index in [1.165, 1.54) is 6.07 Å². The monoisotopic (exact) mass is 380 g/mol. The minimum absolute atomic E-state index is 0.154. The molecule has 2 rings (SSSR count). The third-order valence-corrected chi connectivity index (χ3v) is 3.69. The van der Waals surface area contributed by atoms with E-state index >= 15 is 0 Å². The van der Waals surface area contributed by atoms with Gasteiger partial charge in [0, 0.05) is 0 Å². The normalized spacial score (nSPS) is 11.9. The summed E-state index contributed by atoms with van der Waals surface area (Å²) in [5, 5.41) is 0. The van der Waals surface area contributed by atoms with E-state index in [9.17, 15) is 13.2 Å². The van der Waals surface area contributed by atoms with E-state index in [4.69, 9.17) is 14.5 Å². The van der Waals surface area contributed by atoms with Crippen molar-refractivity contribution in [2.24, 2.45) is 0 Å². The maximum atomic E-state index is 13.3. The van der Waals surface area contributed by atoms with Crippen LogP contribution < -0.4 is 4.74 Å². The van der Waals surface area contributed by atoms with E-state index in [0.29, 0.717) is 18.6 Å². The molecular formula is C21H23F3O3. The van der Waals surface area contributed by atoms with Crippen molar-refractivity contribution in [1.82, 2.24) is 0 Å². The molecule has 0 heterocycles. The smallest absolute Gasteiger partial charge is 0.419 e. The molecule has 0 bridgehead atoms. The molecule has 0 saturated heterocycles. The third kappa shape index (κ3) is 7.45. The van der Waals surface area contributed by atoms with Gasteiger partial charge in [0.15, 0.2) is 0 Å². The Morgan fingerprint density at radius 3 is 2.48 bits per heavy atom. The lowest BCUT2D eigenvalue weighted by molar-refractivity contribution is -0.282. The second-order valence-corrected chi connectivity index (χ2v) is 5.78. The van der Waals surface area contributed by atoms with Gasteiger partial charge in [-0.3, -0.25) is 0 Å². The van der Waals surface area contributed by atoms with Crippen molar-refractivity contribution in [3.8, 4) is 5.75 Å². The number of alkyl halides is 3. The van der Waals surface area contributed by atoms with Crippen LogP contribution in [0.5, 0.6) is 5.75 Å². The van der Waals surface area contributed by atoms with E-state index in [1.807, 2.05) is 30.3 Å². The average Bonchev–Trinajstić information content (AvgIpc) is 2.66. The Labute approximate surface area is 157 Å². The molecule has 2 aromatic carbocycles. The van der Waals surface area contributed by atoms with Gasteiger partial charge in [0.1, 0.15) is 12.4 Å². The predicted octanol–water partition coefficient (Wildman–Crippen LogP) is 5.70. The topological polar surface area (TPSA) is 27.7 Å². The van der Waals surface area contributed by atoms with Gasteiger partial charge in [-0.25, -0.2) is 9.78 Å². The first-order valence-corrected chi connectivity index (χ1v) is 8.79. The molecule has 0 aromatic heterocycles. The summed E-state index contributed by atoms with van der Waals surface area (Å²) in [7, 11) is 0. The average molecular weight is 380 g/mol. The zero-order chi connectivity index (χ0) is 19.5. The van der Waals surface area contributed by atoms with Gasteiger partial charge >= 0.3 is 6.18 Å². The molecule has 146 valence electrons. The molecule has 0 unspecified atom stereocenters. The summed E-state index contributed by atoms with van der Waals surface area (Å²) in [4.78, 5) is 9.50. The molecule has 0 N–H and O–H groups in total. The summed E-state index contributed by atoms with van der Waals surface area (Å²) in [5.74, 6) is -0.154. The number of ether oxygens (including phenoxy) is 1. The van der Waals surface area contributed by atoms with Crippen molar-refractivity contribution >= 4 is 6.08 Å². The molecule has 6 heteroatoms.